The molecule has 0 aromatic carbocycles. The summed E-state index contributed by atoms with van der Waals surface area (Å²) in [6, 6.07) is 5.03. The normalized spacial score (nSPS) is 16.5. The van der Waals surface area contributed by atoms with E-state index in [0.717, 1.165) is 0 Å². The molecule has 84 valence electrons. The summed E-state index contributed by atoms with van der Waals surface area (Å²) >= 11 is 0. The molecule has 1 aromatic heterocycles. The molecule has 1 amide bonds. The third kappa shape index (κ3) is 2.03. The Morgan fingerprint density at radius 1 is 1.44 bits per heavy atom. The van der Waals surface area contributed by atoms with E-state index in [1.54, 1.807) is 18.2 Å². The van der Waals surface area contributed by atoms with Crippen LogP contribution in [0, 0.1) is 5.41 Å². The molecule has 1 saturated carbocycles. The number of carbonyl (C=O) groups excluding carboxylic acids is 1. The molecule has 0 saturated heterocycles. The van der Waals surface area contributed by atoms with Gasteiger partial charge in [0.05, 0.1) is 5.41 Å². The van der Waals surface area contributed by atoms with E-state index in [9.17, 15) is 9.59 Å². The smallest absolute Gasteiger partial charge is 0.311 e. The Labute approximate surface area is 92.5 Å². The summed E-state index contributed by atoms with van der Waals surface area (Å²) in [7, 11) is 0. The highest BCUT2D eigenvalue weighted by atomic mass is 16.4. The molecule has 0 spiro atoms. The highest BCUT2D eigenvalue weighted by Gasteiger charge is 2.50. The topological polar surface area (TPSA) is 79.3 Å². The Morgan fingerprint density at radius 3 is 2.69 bits per heavy atom. The van der Waals surface area contributed by atoms with Crippen LogP contribution < -0.4 is 5.32 Å². The minimum atomic E-state index is -0.839. The molecule has 1 heterocycles. The number of aliphatic carboxylic acids is 1. The summed E-state index contributed by atoms with van der Waals surface area (Å²) in [5, 5.41) is 11.5. The maximum absolute atomic E-state index is 11.6. The zero-order valence-electron chi connectivity index (χ0n) is 8.64. The van der Waals surface area contributed by atoms with Crippen molar-refractivity contribution in [3.05, 3.63) is 30.1 Å². The van der Waals surface area contributed by atoms with Gasteiger partial charge in [-0.15, -0.1) is 0 Å². The number of aromatic nitrogens is 1. The van der Waals surface area contributed by atoms with E-state index < -0.39 is 11.4 Å². The first-order chi connectivity index (χ1) is 7.64. The molecule has 16 heavy (non-hydrogen) atoms. The molecule has 0 atom stereocenters. The van der Waals surface area contributed by atoms with Crippen LogP contribution >= 0.6 is 0 Å². The maximum atomic E-state index is 11.6. The second-order valence-corrected chi connectivity index (χ2v) is 3.98. The maximum Gasteiger partial charge on any atom is 0.311 e. The van der Waals surface area contributed by atoms with Crippen molar-refractivity contribution in [2.75, 3.05) is 6.54 Å². The van der Waals surface area contributed by atoms with Gasteiger partial charge in [-0.3, -0.25) is 14.6 Å². The molecule has 1 aliphatic rings. The number of pyridine rings is 1. The second-order valence-electron chi connectivity index (χ2n) is 3.98. The predicted molar refractivity (Wildman–Crippen MR) is 55.9 cm³/mol. The van der Waals surface area contributed by atoms with Gasteiger partial charge in [-0.25, -0.2) is 0 Å². The van der Waals surface area contributed by atoms with Crippen LogP contribution in [0.25, 0.3) is 0 Å². The fraction of sp³-hybridized carbons (Fsp3) is 0.364. The number of amides is 1. The number of nitrogens with zero attached hydrogens (tertiary/aromatic N) is 1. The first kappa shape index (κ1) is 10.6. The average molecular weight is 220 g/mol. The first-order valence-corrected chi connectivity index (χ1v) is 5.07. The van der Waals surface area contributed by atoms with Gasteiger partial charge in [-0.1, -0.05) is 6.07 Å². The minimum Gasteiger partial charge on any atom is -0.481 e. The summed E-state index contributed by atoms with van der Waals surface area (Å²) in [6.45, 7) is 0.178. The summed E-state index contributed by atoms with van der Waals surface area (Å²) in [5.41, 5.74) is -0.423. The molecule has 0 unspecified atom stereocenters. The van der Waals surface area contributed by atoms with Crippen LogP contribution in [0.5, 0.6) is 0 Å². The Balaban J connectivity index is 1.92. The van der Waals surface area contributed by atoms with Crippen LogP contribution in [-0.4, -0.2) is 28.5 Å². The van der Waals surface area contributed by atoms with Crippen LogP contribution in [0.3, 0.4) is 0 Å². The molecular weight excluding hydrogens is 208 g/mol. The van der Waals surface area contributed by atoms with Crippen molar-refractivity contribution >= 4 is 11.9 Å². The summed E-state index contributed by atoms with van der Waals surface area (Å²) in [4.78, 5) is 26.3. The number of carbonyl (C=O) groups is 2. The summed E-state index contributed by atoms with van der Waals surface area (Å²) in [5.74, 6) is -1.16. The van der Waals surface area contributed by atoms with Crippen LogP contribution in [0.1, 0.15) is 23.3 Å². The lowest BCUT2D eigenvalue weighted by Gasteiger charge is -2.10. The van der Waals surface area contributed by atoms with Gasteiger partial charge in [0.25, 0.3) is 5.91 Å². The van der Waals surface area contributed by atoms with Gasteiger partial charge < -0.3 is 10.4 Å². The molecule has 0 aliphatic heterocycles. The number of carboxylic acid groups (broad SMARTS) is 1. The molecule has 5 heteroatoms. The van der Waals surface area contributed by atoms with Gasteiger partial charge in [0.15, 0.2) is 0 Å². The molecule has 0 bridgehead atoms. The number of carboxylic acids is 1. The summed E-state index contributed by atoms with van der Waals surface area (Å²) < 4.78 is 0. The number of hydrogen-bond acceptors (Lipinski definition) is 3. The SMILES string of the molecule is O=C(NCC1(C(=O)O)CC1)c1ccccn1. The first-order valence-electron chi connectivity index (χ1n) is 5.07. The van der Waals surface area contributed by atoms with Gasteiger partial charge in [-0.05, 0) is 25.0 Å². The molecule has 1 aliphatic carbocycles. The van der Waals surface area contributed by atoms with E-state index in [0.29, 0.717) is 18.5 Å². The van der Waals surface area contributed by atoms with Crippen molar-refractivity contribution in [1.29, 1.82) is 0 Å². The Kier molecular flexibility index (Phi) is 2.60. The largest absolute Gasteiger partial charge is 0.481 e. The van der Waals surface area contributed by atoms with Crippen molar-refractivity contribution < 1.29 is 14.7 Å². The molecule has 5 nitrogen and oxygen atoms in total. The number of nitrogens with one attached hydrogen (secondary N) is 1. The van der Waals surface area contributed by atoms with Crippen LogP contribution in [-0.2, 0) is 4.79 Å². The average Bonchev–Trinajstić information content (AvgIpc) is 3.08. The zero-order chi connectivity index (χ0) is 11.6. The molecule has 2 rings (SSSR count). The van der Waals surface area contributed by atoms with Gasteiger partial charge in [0, 0.05) is 12.7 Å². The van der Waals surface area contributed by atoms with Crippen LogP contribution in [0.4, 0.5) is 0 Å². The monoisotopic (exact) mass is 220 g/mol. The van der Waals surface area contributed by atoms with Gasteiger partial charge in [0.1, 0.15) is 5.69 Å². The lowest BCUT2D eigenvalue weighted by atomic mass is 10.1. The molecule has 2 N–H and O–H groups in total. The van der Waals surface area contributed by atoms with Crippen molar-refractivity contribution in [1.82, 2.24) is 10.3 Å². The standard InChI is InChI=1S/C11H12N2O3/c14-9(8-3-1-2-6-12-8)13-7-11(4-5-11)10(15)16/h1-3,6H,4-5,7H2,(H,13,14)(H,15,16). The van der Waals surface area contributed by atoms with Crippen molar-refractivity contribution in [3.63, 3.8) is 0 Å². The van der Waals surface area contributed by atoms with E-state index in [-0.39, 0.29) is 12.5 Å². The highest BCUT2D eigenvalue weighted by molar-refractivity contribution is 5.92. The lowest BCUT2D eigenvalue weighted by Crippen LogP contribution is -2.34. The Morgan fingerprint density at radius 2 is 2.19 bits per heavy atom. The lowest BCUT2D eigenvalue weighted by molar-refractivity contribution is -0.143. The van der Waals surface area contributed by atoms with Gasteiger partial charge in [-0.2, -0.15) is 0 Å². The Hall–Kier alpha value is -1.91. The minimum absolute atomic E-state index is 0.178. The van der Waals surface area contributed by atoms with Gasteiger partial charge >= 0.3 is 5.97 Å². The number of rotatable bonds is 4. The van der Waals surface area contributed by atoms with E-state index in [4.69, 9.17) is 5.11 Å². The quantitative estimate of drug-likeness (QED) is 0.781. The van der Waals surface area contributed by atoms with E-state index in [1.165, 1.54) is 6.20 Å². The molecule has 0 radical (unpaired) electrons. The van der Waals surface area contributed by atoms with E-state index >= 15 is 0 Å². The second kappa shape index (κ2) is 3.92. The fourth-order valence-electron chi connectivity index (χ4n) is 1.45. The van der Waals surface area contributed by atoms with Crippen molar-refractivity contribution in [3.8, 4) is 0 Å². The van der Waals surface area contributed by atoms with Crippen LogP contribution in [0.15, 0.2) is 24.4 Å². The third-order valence-corrected chi connectivity index (χ3v) is 2.79. The molecular formula is C11H12N2O3. The Bertz CT molecular complexity index is 412. The molecule has 1 fully saturated rings. The van der Waals surface area contributed by atoms with E-state index in [1.807, 2.05) is 0 Å². The zero-order valence-corrected chi connectivity index (χ0v) is 8.64. The molecule has 1 aromatic rings. The summed E-state index contributed by atoms with van der Waals surface area (Å²) in [6.07, 6.45) is 2.79. The van der Waals surface area contributed by atoms with Crippen LogP contribution in [0.2, 0.25) is 0 Å². The third-order valence-electron chi connectivity index (χ3n) is 2.79. The predicted octanol–water partition coefficient (Wildman–Crippen LogP) is 0.676. The van der Waals surface area contributed by atoms with E-state index in [2.05, 4.69) is 10.3 Å². The van der Waals surface area contributed by atoms with Gasteiger partial charge in [0.2, 0.25) is 0 Å². The fourth-order valence-corrected chi connectivity index (χ4v) is 1.45. The van der Waals surface area contributed by atoms with Crippen molar-refractivity contribution in [2.45, 2.75) is 12.8 Å². The number of hydrogen-bond donors (Lipinski definition) is 2. The van der Waals surface area contributed by atoms with Crippen molar-refractivity contribution in [2.24, 2.45) is 5.41 Å². The highest BCUT2D eigenvalue weighted by Crippen LogP contribution is 2.45.